The number of amides is 1. The van der Waals surface area contributed by atoms with E-state index in [1.165, 1.54) is 0 Å². The molecule has 0 bridgehead atoms. The summed E-state index contributed by atoms with van der Waals surface area (Å²) in [4.78, 5) is 16.1. The first-order valence-corrected chi connectivity index (χ1v) is 9.41. The third-order valence-corrected chi connectivity index (χ3v) is 3.93. The van der Waals surface area contributed by atoms with Gasteiger partial charge in [-0.3, -0.25) is 9.79 Å². The second-order valence-electron chi connectivity index (χ2n) is 5.15. The van der Waals surface area contributed by atoms with Gasteiger partial charge in [0.1, 0.15) is 0 Å². The second-order valence-corrected chi connectivity index (χ2v) is 6.14. The van der Waals surface area contributed by atoms with Crippen molar-refractivity contribution >= 4 is 47.6 Å². The highest BCUT2D eigenvalue weighted by Crippen LogP contribution is 2.04. The number of hydrogen-bond acceptors (Lipinski definition) is 3. The van der Waals surface area contributed by atoms with E-state index in [9.17, 15) is 4.79 Å². The average molecular weight is 464 g/mol. The highest BCUT2D eigenvalue weighted by molar-refractivity contribution is 14.0. The minimum absolute atomic E-state index is 0. The maximum Gasteiger partial charge on any atom is 0.251 e. The van der Waals surface area contributed by atoms with Crippen LogP contribution in [-0.4, -0.2) is 44.0 Å². The summed E-state index contributed by atoms with van der Waals surface area (Å²) in [6.07, 6.45) is 4.17. The molecule has 24 heavy (non-hydrogen) atoms. The predicted octanol–water partition coefficient (Wildman–Crippen LogP) is 2.86. The Morgan fingerprint density at radius 1 is 1.12 bits per heavy atom. The summed E-state index contributed by atoms with van der Waals surface area (Å²) < 4.78 is 0. The molecule has 0 aliphatic heterocycles. The van der Waals surface area contributed by atoms with Crippen LogP contribution in [0.15, 0.2) is 29.3 Å². The second kappa shape index (κ2) is 14.4. The fourth-order valence-electron chi connectivity index (χ4n) is 1.93. The van der Waals surface area contributed by atoms with Gasteiger partial charge in [0.05, 0.1) is 0 Å². The first kappa shape index (κ1) is 23.0. The van der Waals surface area contributed by atoms with Crippen molar-refractivity contribution in [3.8, 4) is 0 Å². The fourth-order valence-corrected chi connectivity index (χ4v) is 2.24. The zero-order valence-corrected chi connectivity index (χ0v) is 17.9. The fraction of sp³-hybridized carbons (Fsp3) is 0.529. The van der Waals surface area contributed by atoms with Gasteiger partial charge in [-0.15, -0.1) is 24.0 Å². The van der Waals surface area contributed by atoms with Gasteiger partial charge in [-0.1, -0.05) is 25.5 Å². The molecule has 1 rings (SSSR count). The van der Waals surface area contributed by atoms with Crippen molar-refractivity contribution in [1.29, 1.82) is 0 Å². The Morgan fingerprint density at radius 3 is 2.42 bits per heavy atom. The highest BCUT2D eigenvalue weighted by atomic mass is 127. The van der Waals surface area contributed by atoms with Crippen molar-refractivity contribution in [1.82, 2.24) is 16.0 Å². The number of benzene rings is 1. The topological polar surface area (TPSA) is 65.5 Å². The van der Waals surface area contributed by atoms with Crippen molar-refractivity contribution in [3.63, 3.8) is 0 Å². The van der Waals surface area contributed by atoms with Crippen LogP contribution in [0.25, 0.3) is 0 Å². The lowest BCUT2D eigenvalue weighted by atomic mass is 10.1. The molecule has 3 N–H and O–H groups in total. The SMILES string of the molecule is CCCCNC(=O)c1ccc(CNC(=NC)NCCSC)cc1.I. The van der Waals surface area contributed by atoms with Crippen LogP contribution in [-0.2, 0) is 6.54 Å². The van der Waals surface area contributed by atoms with Crippen LogP contribution in [0.5, 0.6) is 0 Å². The third-order valence-electron chi connectivity index (χ3n) is 3.31. The first-order valence-electron chi connectivity index (χ1n) is 8.01. The molecular formula is C17H29IN4OS. The van der Waals surface area contributed by atoms with E-state index < -0.39 is 0 Å². The number of thioether (sulfide) groups is 1. The number of nitrogens with one attached hydrogen (secondary N) is 3. The maximum absolute atomic E-state index is 11.9. The van der Waals surface area contributed by atoms with Crippen molar-refractivity contribution in [2.24, 2.45) is 4.99 Å². The van der Waals surface area contributed by atoms with Crippen molar-refractivity contribution in [2.45, 2.75) is 26.3 Å². The Hall–Kier alpha value is -0.960. The van der Waals surface area contributed by atoms with E-state index in [2.05, 4.69) is 34.1 Å². The number of carbonyl (C=O) groups excluding carboxylic acids is 1. The minimum atomic E-state index is -0.00694. The van der Waals surface area contributed by atoms with Crippen LogP contribution in [0.2, 0.25) is 0 Å². The molecule has 0 radical (unpaired) electrons. The van der Waals surface area contributed by atoms with E-state index in [1.54, 1.807) is 18.8 Å². The Morgan fingerprint density at radius 2 is 1.83 bits per heavy atom. The molecule has 5 nitrogen and oxygen atoms in total. The molecule has 0 saturated heterocycles. The number of carbonyl (C=O) groups is 1. The van der Waals surface area contributed by atoms with Gasteiger partial charge in [0.25, 0.3) is 5.91 Å². The van der Waals surface area contributed by atoms with E-state index >= 15 is 0 Å². The van der Waals surface area contributed by atoms with E-state index in [0.29, 0.717) is 12.1 Å². The number of halogens is 1. The van der Waals surface area contributed by atoms with Crippen molar-refractivity contribution in [2.75, 3.05) is 32.1 Å². The van der Waals surface area contributed by atoms with Crippen LogP contribution < -0.4 is 16.0 Å². The first-order chi connectivity index (χ1) is 11.2. The average Bonchev–Trinajstić information content (AvgIpc) is 2.58. The highest BCUT2D eigenvalue weighted by Gasteiger charge is 2.04. The zero-order chi connectivity index (χ0) is 16.9. The smallest absolute Gasteiger partial charge is 0.251 e. The monoisotopic (exact) mass is 464 g/mol. The maximum atomic E-state index is 11.9. The summed E-state index contributed by atoms with van der Waals surface area (Å²) in [6, 6.07) is 7.66. The predicted molar refractivity (Wildman–Crippen MR) is 116 cm³/mol. The summed E-state index contributed by atoms with van der Waals surface area (Å²) >= 11 is 1.80. The molecule has 1 aromatic rings. The molecule has 1 aromatic carbocycles. The largest absolute Gasteiger partial charge is 0.356 e. The summed E-state index contributed by atoms with van der Waals surface area (Å²) in [5, 5.41) is 9.44. The minimum Gasteiger partial charge on any atom is -0.356 e. The lowest BCUT2D eigenvalue weighted by Gasteiger charge is -2.11. The van der Waals surface area contributed by atoms with E-state index in [4.69, 9.17) is 0 Å². The molecular weight excluding hydrogens is 435 g/mol. The summed E-state index contributed by atoms with van der Waals surface area (Å²) in [5.74, 6) is 1.83. The van der Waals surface area contributed by atoms with Crippen LogP contribution in [0, 0.1) is 0 Å². The van der Waals surface area contributed by atoms with Gasteiger partial charge < -0.3 is 16.0 Å². The Bertz CT molecular complexity index is 494. The van der Waals surface area contributed by atoms with Crippen LogP contribution in [0.3, 0.4) is 0 Å². The van der Waals surface area contributed by atoms with Gasteiger partial charge in [-0.05, 0) is 30.4 Å². The zero-order valence-electron chi connectivity index (χ0n) is 14.7. The number of guanidine groups is 1. The molecule has 0 spiro atoms. The molecule has 0 aliphatic carbocycles. The quantitative estimate of drug-likeness (QED) is 0.228. The number of unbranched alkanes of at least 4 members (excludes halogenated alkanes) is 1. The van der Waals surface area contributed by atoms with Gasteiger partial charge in [0.2, 0.25) is 0 Å². The number of nitrogens with zero attached hydrogens (tertiary/aromatic N) is 1. The normalized spacial score (nSPS) is 10.7. The van der Waals surface area contributed by atoms with Gasteiger partial charge in [-0.2, -0.15) is 11.8 Å². The molecule has 0 aliphatic rings. The molecule has 136 valence electrons. The molecule has 0 aromatic heterocycles. The summed E-state index contributed by atoms with van der Waals surface area (Å²) in [5.41, 5.74) is 1.82. The van der Waals surface area contributed by atoms with Gasteiger partial charge >= 0.3 is 0 Å². The van der Waals surface area contributed by atoms with E-state index in [-0.39, 0.29) is 29.9 Å². The van der Waals surface area contributed by atoms with Gasteiger partial charge in [0, 0.05) is 38.0 Å². The van der Waals surface area contributed by atoms with Gasteiger partial charge in [-0.25, -0.2) is 0 Å². The molecule has 0 atom stereocenters. The van der Waals surface area contributed by atoms with E-state index in [1.807, 2.05) is 24.3 Å². The molecule has 0 fully saturated rings. The number of rotatable bonds is 9. The molecule has 0 heterocycles. The summed E-state index contributed by atoms with van der Waals surface area (Å²) in [7, 11) is 1.76. The van der Waals surface area contributed by atoms with Crippen molar-refractivity contribution in [3.05, 3.63) is 35.4 Å². The van der Waals surface area contributed by atoms with Crippen LogP contribution >= 0.6 is 35.7 Å². The molecule has 0 saturated carbocycles. The Labute approximate surface area is 166 Å². The van der Waals surface area contributed by atoms with Crippen LogP contribution in [0.1, 0.15) is 35.7 Å². The molecule has 1 amide bonds. The van der Waals surface area contributed by atoms with Crippen LogP contribution in [0.4, 0.5) is 0 Å². The lowest BCUT2D eigenvalue weighted by Crippen LogP contribution is -2.37. The number of aliphatic imine (C=N–C) groups is 1. The Balaban J connectivity index is 0.00000529. The third kappa shape index (κ3) is 9.36. The lowest BCUT2D eigenvalue weighted by molar-refractivity contribution is 0.0953. The van der Waals surface area contributed by atoms with Gasteiger partial charge in [0.15, 0.2) is 5.96 Å². The van der Waals surface area contributed by atoms with E-state index in [0.717, 1.165) is 43.2 Å². The molecule has 7 heteroatoms. The number of hydrogen-bond donors (Lipinski definition) is 3. The van der Waals surface area contributed by atoms with Crippen molar-refractivity contribution < 1.29 is 4.79 Å². The summed E-state index contributed by atoms with van der Waals surface area (Å²) in [6.45, 7) is 4.41. The standard InChI is InChI=1S/C17H28N4OS.HI/c1-4-5-10-19-16(22)15-8-6-14(7-9-15)13-21-17(18-2)20-11-12-23-3;/h6-9H,4-5,10-13H2,1-3H3,(H,19,22)(H2,18,20,21);1H. The Kier molecular flexibility index (Phi) is 13.8. The molecule has 0 unspecified atom stereocenters.